The Morgan fingerprint density at radius 2 is 1.97 bits per heavy atom. The number of aromatic nitrogens is 2. The van der Waals surface area contributed by atoms with Crippen LogP contribution in [-0.4, -0.2) is 26.3 Å². The highest BCUT2D eigenvalue weighted by atomic mass is 19.1. The first-order valence-corrected chi connectivity index (χ1v) is 12.1. The molecule has 5 heterocycles. The van der Waals surface area contributed by atoms with Gasteiger partial charge in [0.2, 0.25) is 0 Å². The summed E-state index contributed by atoms with van der Waals surface area (Å²) in [6.45, 7) is 2.24. The Labute approximate surface area is 198 Å². The fourth-order valence-electron chi connectivity index (χ4n) is 6.11. The van der Waals surface area contributed by atoms with Gasteiger partial charge >= 0.3 is 5.97 Å². The summed E-state index contributed by atoms with van der Waals surface area (Å²) in [6.07, 6.45) is 2.98. The standard InChI is InChI=1S/C26H24FN3O5/c1-2-26(34)17-9-19-21-20(10-30(19)24(32)16(17)11-35-25(26)33)29-6-5-18(28-13-3-4-13)14-7-12(27)8-15(22(14)29)23(21)31/h7-9,13,18,28,34H,2-6,10-11H2,1H3/t18-,26+/m1/s1. The van der Waals surface area contributed by atoms with E-state index in [4.69, 9.17) is 4.74 Å². The van der Waals surface area contributed by atoms with Crippen molar-refractivity contribution in [2.75, 3.05) is 0 Å². The molecular weight excluding hydrogens is 453 g/mol. The Kier molecular flexibility index (Phi) is 4.14. The number of hydrogen-bond donors (Lipinski definition) is 2. The fourth-order valence-corrected chi connectivity index (χ4v) is 6.11. The third-order valence-electron chi connectivity index (χ3n) is 8.10. The van der Waals surface area contributed by atoms with E-state index in [9.17, 15) is 23.9 Å². The second-order valence-corrected chi connectivity index (χ2v) is 10.1. The Bertz CT molecular complexity index is 1600. The van der Waals surface area contributed by atoms with Crippen molar-refractivity contribution in [1.29, 1.82) is 0 Å². The van der Waals surface area contributed by atoms with Gasteiger partial charge in [-0.25, -0.2) is 9.18 Å². The molecule has 35 heavy (non-hydrogen) atoms. The third kappa shape index (κ3) is 2.70. The van der Waals surface area contributed by atoms with Crippen LogP contribution in [0.25, 0.3) is 22.2 Å². The summed E-state index contributed by atoms with van der Waals surface area (Å²) >= 11 is 0. The molecule has 2 aromatic heterocycles. The quantitative estimate of drug-likeness (QED) is 0.439. The molecule has 0 saturated heterocycles. The Hall–Kier alpha value is -3.30. The summed E-state index contributed by atoms with van der Waals surface area (Å²) in [5.41, 5.74) is 0.607. The molecule has 4 aliphatic rings. The summed E-state index contributed by atoms with van der Waals surface area (Å²) in [6, 6.07) is 4.77. The number of aryl methyl sites for hydroxylation is 1. The number of esters is 1. The van der Waals surface area contributed by atoms with Gasteiger partial charge in [0, 0.05) is 29.6 Å². The van der Waals surface area contributed by atoms with Gasteiger partial charge in [0.1, 0.15) is 12.4 Å². The molecule has 8 nitrogen and oxygen atoms in total. The van der Waals surface area contributed by atoms with Gasteiger partial charge in [-0.15, -0.1) is 0 Å². The SMILES string of the molecule is CC[C@@]1(O)C(=O)OCc2c1cc1n(c2=O)Cc2c-1c(=O)c1cc(F)cc3c1n2CC[C@H]3NC1CC1. The molecule has 7 rings (SSSR count). The maximum Gasteiger partial charge on any atom is 0.343 e. The van der Waals surface area contributed by atoms with Gasteiger partial charge in [-0.05, 0) is 49.4 Å². The van der Waals surface area contributed by atoms with Crippen LogP contribution in [0.5, 0.6) is 0 Å². The topological polar surface area (TPSA) is 103 Å². The molecule has 1 aromatic carbocycles. The molecule has 1 saturated carbocycles. The zero-order valence-corrected chi connectivity index (χ0v) is 19.2. The highest BCUT2D eigenvalue weighted by Gasteiger charge is 2.46. The van der Waals surface area contributed by atoms with Gasteiger partial charge in [0.05, 0.1) is 34.6 Å². The number of carbonyl (C=O) groups is 1. The fraction of sp³-hybridized carbons (Fsp3) is 0.423. The van der Waals surface area contributed by atoms with Crippen LogP contribution in [0.3, 0.4) is 0 Å². The molecular formula is C26H24FN3O5. The predicted octanol–water partition coefficient (Wildman–Crippen LogP) is 2.18. The summed E-state index contributed by atoms with van der Waals surface area (Å²) in [4.78, 5) is 39.7. The monoisotopic (exact) mass is 477 g/mol. The van der Waals surface area contributed by atoms with E-state index in [0.29, 0.717) is 35.1 Å². The second kappa shape index (κ2) is 6.89. The maximum absolute atomic E-state index is 14.8. The van der Waals surface area contributed by atoms with Crippen molar-refractivity contribution >= 4 is 16.9 Å². The number of ether oxygens (including phenoxy) is 1. The lowest BCUT2D eigenvalue weighted by molar-refractivity contribution is -0.172. The van der Waals surface area contributed by atoms with Crippen molar-refractivity contribution in [3.63, 3.8) is 0 Å². The Morgan fingerprint density at radius 1 is 1.17 bits per heavy atom. The molecule has 2 N–H and O–H groups in total. The number of nitrogens with zero attached hydrogens (tertiary/aromatic N) is 2. The smallest absolute Gasteiger partial charge is 0.343 e. The molecule has 9 heteroatoms. The summed E-state index contributed by atoms with van der Waals surface area (Å²) in [5, 5.41) is 14.9. The lowest BCUT2D eigenvalue weighted by Gasteiger charge is -2.31. The van der Waals surface area contributed by atoms with Crippen molar-refractivity contribution in [3.8, 4) is 11.3 Å². The number of nitrogens with one attached hydrogen (secondary N) is 1. The van der Waals surface area contributed by atoms with E-state index >= 15 is 0 Å². The van der Waals surface area contributed by atoms with Crippen LogP contribution in [0, 0.1) is 5.82 Å². The van der Waals surface area contributed by atoms with Gasteiger partial charge in [0.25, 0.3) is 5.56 Å². The zero-order valence-electron chi connectivity index (χ0n) is 19.2. The predicted molar refractivity (Wildman–Crippen MR) is 124 cm³/mol. The molecule has 0 spiro atoms. The highest BCUT2D eigenvalue weighted by molar-refractivity contribution is 5.90. The minimum absolute atomic E-state index is 0.0281. The van der Waals surface area contributed by atoms with E-state index < -0.39 is 17.4 Å². The van der Waals surface area contributed by atoms with Gasteiger partial charge < -0.3 is 24.3 Å². The van der Waals surface area contributed by atoms with Crippen molar-refractivity contribution < 1.29 is 19.0 Å². The Balaban J connectivity index is 1.51. The van der Waals surface area contributed by atoms with E-state index in [0.717, 1.165) is 24.8 Å². The van der Waals surface area contributed by atoms with Crippen molar-refractivity contribution in [1.82, 2.24) is 14.5 Å². The van der Waals surface area contributed by atoms with E-state index in [1.807, 2.05) is 4.57 Å². The van der Waals surface area contributed by atoms with Crippen LogP contribution >= 0.6 is 0 Å². The van der Waals surface area contributed by atoms with Gasteiger partial charge in [-0.2, -0.15) is 0 Å². The van der Waals surface area contributed by atoms with Gasteiger partial charge in [-0.1, -0.05) is 6.92 Å². The van der Waals surface area contributed by atoms with Crippen molar-refractivity contribution in [3.05, 3.63) is 67.0 Å². The molecule has 1 aliphatic carbocycles. The number of benzene rings is 1. The third-order valence-corrected chi connectivity index (χ3v) is 8.10. The minimum atomic E-state index is -1.95. The van der Waals surface area contributed by atoms with E-state index in [1.165, 1.54) is 16.7 Å². The first kappa shape index (κ1) is 21.0. The van der Waals surface area contributed by atoms with Crippen LogP contribution in [0.4, 0.5) is 4.39 Å². The average molecular weight is 477 g/mol. The lowest BCUT2D eigenvalue weighted by Crippen LogP contribution is -2.44. The number of cyclic esters (lactones) is 1. The molecule has 1 fully saturated rings. The van der Waals surface area contributed by atoms with Crippen LogP contribution in [-0.2, 0) is 34.8 Å². The van der Waals surface area contributed by atoms with E-state index in [1.54, 1.807) is 13.0 Å². The molecule has 180 valence electrons. The molecule has 0 bridgehead atoms. The van der Waals surface area contributed by atoms with Crippen LogP contribution in [0.15, 0.2) is 27.8 Å². The number of rotatable bonds is 3. The lowest BCUT2D eigenvalue weighted by atomic mass is 9.85. The van der Waals surface area contributed by atoms with Gasteiger partial charge in [-0.3, -0.25) is 9.59 Å². The largest absolute Gasteiger partial charge is 0.458 e. The highest BCUT2D eigenvalue weighted by Crippen LogP contribution is 2.41. The summed E-state index contributed by atoms with van der Waals surface area (Å²) < 4.78 is 23.4. The maximum atomic E-state index is 14.8. The van der Waals surface area contributed by atoms with Crippen LogP contribution < -0.4 is 16.3 Å². The number of fused-ring (bicyclic) bond motifs is 5. The number of aliphatic hydroxyl groups is 1. The zero-order chi connectivity index (χ0) is 24.2. The number of hydrogen-bond acceptors (Lipinski definition) is 6. The molecule has 0 amide bonds. The molecule has 0 radical (unpaired) electrons. The number of halogens is 1. The second-order valence-electron chi connectivity index (χ2n) is 10.1. The summed E-state index contributed by atoms with van der Waals surface area (Å²) in [7, 11) is 0. The first-order chi connectivity index (χ1) is 16.8. The average Bonchev–Trinajstić information content (AvgIpc) is 3.58. The van der Waals surface area contributed by atoms with Gasteiger partial charge in [0.15, 0.2) is 11.0 Å². The Morgan fingerprint density at radius 3 is 2.71 bits per heavy atom. The number of pyridine rings is 2. The van der Waals surface area contributed by atoms with Crippen LogP contribution in [0.1, 0.15) is 61.0 Å². The van der Waals surface area contributed by atoms with Crippen molar-refractivity contribution in [2.45, 2.75) is 70.0 Å². The molecule has 0 unspecified atom stereocenters. The minimum Gasteiger partial charge on any atom is -0.458 e. The molecule has 3 aliphatic heterocycles. The summed E-state index contributed by atoms with van der Waals surface area (Å²) in [5.74, 6) is -1.27. The van der Waals surface area contributed by atoms with E-state index in [2.05, 4.69) is 5.32 Å². The molecule has 3 aromatic rings. The number of carbonyl (C=O) groups excluding carboxylic acids is 1. The molecule has 2 atom stereocenters. The van der Waals surface area contributed by atoms with Crippen LogP contribution in [0.2, 0.25) is 0 Å². The first-order valence-electron chi connectivity index (χ1n) is 12.1. The normalized spacial score (nSPS) is 24.2. The van der Waals surface area contributed by atoms with E-state index in [-0.39, 0.29) is 53.1 Å². The van der Waals surface area contributed by atoms with Crippen molar-refractivity contribution in [2.24, 2.45) is 0 Å².